The van der Waals surface area contributed by atoms with E-state index >= 15 is 0 Å². The van der Waals surface area contributed by atoms with Crippen molar-refractivity contribution < 1.29 is 24.2 Å². The normalized spacial score (nSPS) is 17.6. The van der Waals surface area contributed by atoms with E-state index in [1.807, 2.05) is 24.3 Å². The zero-order valence-corrected chi connectivity index (χ0v) is 18.5. The number of alkyl carbamates (subject to hydrolysis) is 1. The molecular formula is C26H28N2O5. The first-order valence-corrected chi connectivity index (χ1v) is 11.6. The number of hydrogen-bond donors (Lipinski definition) is 2. The number of aliphatic carboxylic acids is 1. The van der Waals surface area contributed by atoms with E-state index in [9.17, 15) is 19.5 Å². The Kier molecular flexibility index (Phi) is 5.56. The Labute approximate surface area is 192 Å². The molecule has 2 amide bonds. The van der Waals surface area contributed by atoms with Crippen LogP contribution < -0.4 is 5.32 Å². The summed E-state index contributed by atoms with van der Waals surface area (Å²) in [5.74, 6) is -0.802. The van der Waals surface area contributed by atoms with Gasteiger partial charge in [0.1, 0.15) is 13.2 Å². The fourth-order valence-electron chi connectivity index (χ4n) is 4.84. The van der Waals surface area contributed by atoms with Gasteiger partial charge in [-0.3, -0.25) is 9.59 Å². The number of fused-ring (bicyclic) bond motifs is 3. The van der Waals surface area contributed by atoms with Gasteiger partial charge >= 0.3 is 12.1 Å². The molecule has 0 atom stereocenters. The molecule has 0 aromatic heterocycles. The molecule has 2 N–H and O–H groups in total. The Bertz CT molecular complexity index is 1040. The second kappa shape index (κ2) is 8.54. The zero-order chi connectivity index (χ0) is 23.0. The molecule has 5 rings (SSSR count). The summed E-state index contributed by atoms with van der Waals surface area (Å²) in [4.78, 5) is 38.2. The Morgan fingerprint density at radius 2 is 1.61 bits per heavy atom. The van der Waals surface area contributed by atoms with Crippen LogP contribution in [0.4, 0.5) is 4.79 Å². The van der Waals surface area contributed by atoms with E-state index in [1.165, 1.54) is 16.0 Å². The van der Waals surface area contributed by atoms with Gasteiger partial charge in [-0.15, -0.1) is 0 Å². The van der Waals surface area contributed by atoms with Crippen LogP contribution in [0.3, 0.4) is 0 Å². The van der Waals surface area contributed by atoms with Crippen LogP contribution in [0.25, 0.3) is 11.1 Å². The highest BCUT2D eigenvalue weighted by atomic mass is 16.5. The zero-order valence-electron chi connectivity index (χ0n) is 18.5. The van der Waals surface area contributed by atoms with Gasteiger partial charge in [0.25, 0.3) is 0 Å². The summed E-state index contributed by atoms with van der Waals surface area (Å²) in [6.07, 6.45) is 2.82. The summed E-state index contributed by atoms with van der Waals surface area (Å²) in [6, 6.07) is 16.3. The number of rotatable bonds is 9. The van der Waals surface area contributed by atoms with Crippen LogP contribution in [0.15, 0.2) is 48.5 Å². The summed E-state index contributed by atoms with van der Waals surface area (Å²) < 4.78 is 5.57. The van der Waals surface area contributed by atoms with E-state index in [1.54, 1.807) is 0 Å². The van der Waals surface area contributed by atoms with Crippen molar-refractivity contribution >= 4 is 18.0 Å². The van der Waals surface area contributed by atoms with Gasteiger partial charge in [0.2, 0.25) is 5.91 Å². The lowest BCUT2D eigenvalue weighted by atomic mass is 9.98. The number of amides is 2. The summed E-state index contributed by atoms with van der Waals surface area (Å²) in [6.45, 7) is 0.580. The fraction of sp³-hybridized carbons (Fsp3) is 0.423. The van der Waals surface area contributed by atoms with Crippen molar-refractivity contribution in [3.05, 3.63) is 59.7 Å². The fourth-order valence-corrected chi connectivity index (χ4v) is 4.84. The molecule has 7 nitrogen and oxygen atoms in total. The van der Waals surface area contributed by atoms with Crippen LogP contribution in [-0.2, 0) is 14.3 Å². The van der Waals surface area contributed by atoms with E-state index < -0.39 is 17.5 Å². The molecular weight excluding hydrogens is 420 g/mol. The molecule has 0 bridgehead atoms. The van der Waals surface area contributed by atoms with Crippen molar-refractivity contribution in [2.24, 2.45) is 11.3 Å². The number of ether oxygens (including phenoxy) is 1. The molecule has 3 aliphatic rings. The van der Waals surface area contributed by atoms with Crippen LogP contribution in [0.1, 0.15) is 42.7 Å². The summed E-state index contributed by atoms with van der Waals surface area (Å²) >= 11 is 0. The maximum absolute atomic E-state index is 13.1. The summed E-state index contributed by atoms with van der Waals surface area (Å²) in [5.41, 5.74) is 3.92. The van der Waals surface area contributed by atoms with Crippen LogP contribution >= 0.6 is 0 Å². The molecule has 0 heterocycles. The average Bonchev–Trinajstić information content (AvgIpc) is 3.74. The highest BCUT2D eigenvalue weighted by Gasteiger charge is 2.52. The topological polar surface area (TPSA) is 95.9 Å². The number of benzene rings is 2. The van der Waals surface area contributed by atoms with E-state index in [0.717, 1.165) is 24.0 Å². The van der Waals surface area contributed by atoms with Gasteiger partial charge in [-0.05, 0) is 53.9 Å². The number of carboxylic acid groups (broad SMARTS) is 1. The summed E-state index contributed by atoms with van der Waals surface area (Å²) in [7, 11) is 0. The molecule has 3 aliphatic carbocycles. The van der Waals surface area contributed by atoms with Crippen LogP contribution in [0, 0.1) is 11.3 Å². The third-order valence-corrected chi connectivity index (χ3v) is 7.01. The Morgan fingerprint density at radius 3 is 2.15 bits per heavy atom. The highest BCUT2D eigenvalue weighted by Crippen LogP contribution is 2.47. The van der Waals surface area contributed by atoms with Crippen molar-refractivity contribution in [3.8, 4) is 11.1 Å². The van der Waals surface area contributed by atoms with Gasteiger partial charge in [-0.25, -0.2) is 4.79 Å². The Hall–Kier alpha value is -3.35. The van der Waals surface area contributed by atoms with Crippen molar-refractivity contribution in [3.63, 3.8) is 0 Å². The number of carbonyl (C=O) groups is 3. The average molecular weight is 449 g/mol. The minimum atomic E-state index is -1.01. The first kappa shape index (κ1) is 21.5. The van der Waals surface area contributed by atoms with Crippen molar-refractivity contribution in [1.82, 2.24) is 10.2 Å². The number of nitrogens with zero attached hydrogens (tertiary/aromatic N) is 1. The molecule has 0 unspecified atom stereocenters. The second-order valence-electron chi connectivity index (χ2n) is 9.48. The predicted octanol–water partition coefficient (Wildman–Crippen LogP) is 3.63. The van der Waals surface area contributed by atoms with Crippen LogP contribution in [0.5, 0.6) is 0 Å². The van der Waals surface area contributed by atoms with Crippen LogP contribution in [-0.4, -0.2) is 54.2 Å². The lowest BCUT2D eigenvalue weighted by Gasteiger charge is -2.26. The lowest BCUT2D eigenvalue weighted by Crippen LogP contribution is -2.45. The minimum Gasteiger partial charge on any atom is -0.480 e. The molecule has 172 valence electrons. The molecule has 0 spiro atoms. The smallest absolute Gasteiger partial charge is 0.407 e. The molecule has 2 fully saturated rings. The molecule has 2 aromatic carbocycles. The number of carboxylic acids is 1. The van der Waals surface area contributed by atoms with Gasteiger partial charge in [-0.2, -0.15) is 0 Å². The number of hydrogen-bond acceptors (Lipinski definition) is 4. The monoisotopic (exact) mass is 448 g/mol. The molecule has 0 aliphatic heterocycles. The Morgan fingerprint density at radius 1 is 1.00 bits per heavy atom. The third kappa shape index (κ3) is 4.45. The van der Waals surface area contributed by atoms with Crippen molar-refractivity contribution in [1.29, 1.82) is 0 Å². The maximum Gasteiger partial charge on any atom is 0.407 e. The maximum atomic E-state index is 13.1. The van der Waals surface area contributed by atoms with E-state index in [4.69, 9.17) is 4.74 Å². The molecule has 0 radical (unpaired) electrons. The highest BCUT2D eigenvalue weighted by molar-refractivity contribution is 5.89. The van der Waals surface area contributed by atoms with E-state index in [-0.39, 0.29) is 31.5 Å². The van der Waals surface area contributed by atoms with E-state index in [0.29, 0.717) is 25.3 Å². The predicted molar refractivity (Wildman–Crippen MR) is 122 cm³/mol. The van der Waals surface area contributed by atoms with Crippen molar-refractivity contribution in [2.75, 3.05) is 26.2 Å². The quantitative estimate of drug-likeness (QED) is 0.611. The van der Waals surface area contributed by atoms with E-state index in [2.05, 4.69) is 29.6 Å². The first-order chi connectivity index (χ1) is 16.0. The largest absolute Gasteiger partial charge is 0.480 e. The second-order valence-corrected chi connectivity index (χ2v) is 9.48. The molecule has 2 saturated carbocycles. The molecule has 33 heavy (non-hydrogen) atoms. The Balaban J connectivity index is 1.18. The third-order valence-electron chi connectivity index (χ3n) is 7.01. The molecule has 2 aromatic rings. The molecule has 0 saturated heterocycles. The minimum absolute atomic E-state index is 0.0238. The molecule has 7 heteroatoms. The number of nitrogens with one attached hydrogen (secondary N) is 1. The number of carbonyl (C=O) groups excluding carboxylic acids is 2. The van der Waals surface area contributed by atoms with Gasteiger partial charge in [-0.1, -0.05) is 48.5 Å². The van der Waals surface area contributed by atoms with Gasteiger partial charge < -0.3 is 20.1 Å². The standard InChI is InChI=1S/C26H28N2O5/c29-23(30)14-28(13-17-9-10-17)24(31)26(11-12-26)16-27-25(32)33-15-22-20-7-3-1-5-18(20)19-6-2-4-8-21(19)22/h1-8,17,22H,9-16H2,(H,27,32)(H,29,30). The summed E-state index contributed by atoms with van der Waals surface area (Å²) in [5, 5.41) is 12.0. The first-order valence-electron chi connectivity index (χ1n) is 11.6. The lowest BCUT2D eigenvalue weighted by molar-refractivity contribution is -0.147. The van der Waals surface area contributed by atoms with Crippen LogP contribution in [0.2, 0.25) is 0 Å². The SMILES string of the molecule is O=C(O)CN(CC1CC1)C(=O)C1(CNC(=O)OCC2c3ccccc3-c3ccccc32)CC1. The van der Waals surface area contributed by atoms with Gasteiger partial charge in [0.05, 0.1) is 5.41 Å². The van der Waals surface area contributed by atoms with Gasteiger partial charge in [0.15, 0.2) is 0 Å². The van der Waals surface area contributed by atoms with Gasteiger partial charge in [0, 0.05) is 19.0 Å². The van der Waals surface area contributed by atoms with Crippen molar-refractivity contribution in [2.45, 2.75) is 31.6 Å².